The number of benzene rings is 1. The minimum Gasteiger partial charge on any atom is -0.385 e. The Balaban J connectivity index is 2.15. The molecule has 0 heterocycles. The number of methoxy groups -OCH3 is 1. The quantitative estimate of drug-likeness (QED) is 0.738. The average Bonchev–Trinajstić information content (AvgIpc) is 2.44. The summed E-state index contributed by atoms with van der Waals surface area (Å²) in [6.45, 7) is 1.32. The van der Waals surface area contributed by atoms with Gasteiger partial charge in [-0.3, -0.25) is 4.79 Å². The molecular formula is C14H18N2O2S. The van der Waals surface area contributed by atoms with Crippen LogP contribution in [0.2, 0.25) is 0 Å². The number of thioether (sulfide) groups is 1. The molecule has 4 nitrogen and oxygen atoms in total. The molecule has 1 N–H and O–H groups in total. The van der Waals surface area contributed by atoms with Crippen LogP contribution in [0.15, 0.2) is 24.3 Å². The number of nitrogens with one attached hydrogen (secondary N) is 1. The molecule has 0 aliphatic heterocycles. The zero-order valence-corrected chi connectivity index (χ0v) is 11.8. The fourth-order valence-corrected chi connectivity index (χ4v) is 2.25. The van der Waals surface area contributed by atoms with Gasteiger partial charge in [0.2, 0.25) is 5.91 Å². The third-order valence-electron chi connectivity index (χ3n) is 2.43. The molecule has 1 rings (SSSR count). The summed E-state index contributed by atoms with van der Waals surface area (Å²) in [5, 5.41) is 11.5. The van der Waals surface area contributed by atoms with Crippen LogP contribution < -0.4 is 5.32 Å². The van der Waals surface area contributed by atoms with Gasteiger partial charge in [0.1, 0.15) is 0 Å². The zero-order valence-electron chi connectivity index (χ0n) is 11.0. The van der Waals surface area contributed by atoms with E-state index < -0.39 is 0 Å². The highest BCUT2D eigenvalue weighted by Gasteiger charge is 2.01. The molecule has 19 heavy (non-hydrogen) atoms. The van der Waals surface area contributed by atoms with Crippen molar-refractivity contribution in [1.82, 2.24) is 5.32 Å². The number of carbonyl (C=O) groups is 1. The number of hydrogen-bond acceptors (Lipinski definition) is 4. The predicted octanol–water partition coefficient (Wildman–Crippen LogP) is 1.94. The monoisotopic (exact) mass is 278 g/mol. The highest BCUT2D eigenvalue weighted by molar-refractivity contribution is 7.99. The molecule has 0 aromatic heterocycles. The van der Waals surface area contributed by atoms with Crippen LogP contribution in [-0.4, -0.2) is 31.9 Å². The largest absolute Gasteiger partial charge is 0.385 e. The van der Waals surface area contributed by atoms with Gasteiger partial charge in [-0.05, 0) is 24.1 Å². The molecular weight excluding hydrogens is 260 g/mol. The summed E-state index contributed by atoms with van der Waals surface area (Å²) >= 11 is 1.57. The highest BCUT2D eigenvalue weighted by Crippen LogP contribution is 2.12. The number of nitrogens with zero attached hydrogens (tertiary/aromatic N) is 1. The zero-order chi connectivity index (χ0) is 13.9. The van der Waals surface area contributed by atoms with Gasteiger partial charge in [-0.1, -0.05) is 12.1 Å². The van der Waals surface area contributed by atoms with Crippen LogP contribution in [0.4, 0.5) is 0 Å². The highest BCUT2D eigenvalue weighted by atomic mass is 32.2. The first-order valence-corrected chi connectivity index (χ1v) is 7.24. The molecule has 0 aliphatic carbocycles. The van der Waals surface area contributed by atoms with Crippen molar-refractivity contribution in [2.75, 3.05) is 26.0 Å². The van der Waals surface area contributed by atoms with Crippen LogP contribution >= 0.6 is 11.8 Å². The Morgan fingerprint density at radius 2 is 2.16 bits per heavy atom. The van der Waals surface area contributed by atoms with Crippen molar-refractivity contribution in [3.63, 3.8) is 0 Å². The molecule has 0 fully saturated rings. The van der Waals surface area contributed by atoms with Gasteiger partial charge in [-0.15, -0.1) is 11.8 Å². The van der Waals surface area contributed by atoms with Gasteiger partial charge in [0.05, 0.1) is 17.4 Å². The van der Waals surface area contributed by atoms with Crippen LogP contribution in [-0.2, 0) is 15.3 Å². The van der Waals surface area contributed by atoms with Crippen molar-refractivity contribution in [3.05, 3.63) is 35.4 Å². The van der Waals surface area contributed by atoms with Crippen LogP contribution in [0.25, 0.3) is 0 Å². The summed E-state index contributed by atoms with van der Waals surface area (Å²) in [7, 11) is 1.65. The molecule has 0 aliphatic rings. The number of ether oxygens (including phenoxy) is 1. The maximum absolute atomic E-state index is 11.5. The molecule has 1 aromatic carbocycles. The lowest BCUT2D eigenvalue weighted by molar-refractivity contribution is -0.118. The van der Waals surface area contributed by atoms with Gasteiger partial charge in [0.25, 0.3) is 0 Å². The lowest BCUT2D eigenvalue weighted by Gasteiger charge is -2.05. The van der Waals surface area contributed by atoms with Crippen molar-refractivity contribution >= 4 is 17.7 Å². The second-order valence-corrected chi connectivity index (χ2v) is 4.98. The molecule has 0 saturated heterocycles. The van der Waals surface area contributed by atoms with E-state index in [1.54, 1.807) is 31.0 Å². The summed E-state index contributed by atoms with van der Waals surface area (Å²) in [6, 6.07) is 9.50. The van der Waals surface area contributed by atoms with E-state index >= 15 is 0 Å². The van der Waals surface area contributed by atoms with Crippen molar-refractivity contribution < 1.29 is 9.53 Å². The first-order valence-electron chi connectivity index (χ1n) is 6.08. The summed E-state index contributed by atoms with van der Waals surface area (Å²) in [5.41, 5.74) is 1.78. The van der Waals surface area contributed by atoms with Crippen molar-refractivity contribution in [2.24, 2.45) is 0 Å². The normalized spacial score (nSPS) is 9.89. The Morgan fingerprint density at radius 3 is 2.79 bits per heavy atom. The predicted molar refractivity (Wildman–Crippen MR) is 76.8 cm³/mol. The van der Waals surface area contributed by atoms with Gasteiger partial charge in [-0.25, -0.2) is 0 Å². The third-order valence-corrected chi connectivity index (χ3v) is 3.44. The molecule has 0 atom stereocenters. The summed E-state index contributed by atoms with van der Waals surface area (Å²) < 4.78 is 4.90. The van der Waals surface area contributed by atoms with Crippen LogP contribution in [0, 0.1) is 11.3 Å². The first kappa shape index (κ1) is 15.5. The van der Waals surface area contributed by atoms with Crippen LogP contribution in [0.3, 0.4) is 0 Å². The standard InChI is InChI=1S/C14H18N2O2S/c1-18-8-2-7-16-14(17)11-19-10-13-5-3-12(9-15)4-6-13/h3-6H,2,7-8,10-11H2,1H3,(H,16,17). The Labute approximate surface area is 118 Å². The maximum Gasteiger partial charge on any atom is 0.230 e. The van der Waals surface area contributed by atoms with E-state index in [1.165, 1.54) is 0 Å². The second kappa shape index (κ2) is 9.42. The van der Waals surface area contributed by atoms with Gasteiger partial charge >= 0.3 is 0 Å². The topological polar surface area (TPSA) is 62.1 Å². The Morgan fingerprint density at radius 1 is 1.42 bits per heavy atom. The van der Waals surface area contributed by atoms with E-state index in [-0.39, 0.29) is 5.91 Å². The van der Waals surface area contributed by atoms with Gasteiger partial charge < -0.3 is 10.1 Å². The van der Waals surface area contributed by atoms with Gasteiger partial charge in [-0.2, -0.15) is 5.26 Å². The van der Waals surface area contributed by atoms with Crippen molar-refractivity contribution in [2.45, 2.75) is 12.2 Å². The van der Waals surface area contributed by atoms with E-state index in [4.69, 9.17) is 10.00 Å². The molecule has 0 saturated carbocycles. The van der Waals surface area contributed by atoms with E-state index in [1.807, 2.05) is 12.1 Å². The first-order chi connectivity index (χ1) is 9.26. The lowest BCUT2D eigenvalue weighted by Crippen LogP contribution is -2.26. The molecule has 0 unspecified atom stereocenters. The molecule has 1 amide bonds. The summed E-state index contributed by atoms with van der Waals surface area (Å²) in [4.78, 5) is 11.5. The fraction of sp³-hybridized carbons (Fsp3) is 0.429. The fourth-order valence-electron chi connectivity index (χ4n) is 1.43. The number of nitriles is 1. The third kappa shape index (κ3) is 6.85. The van der Waals surface area contributed by atoms with Gasteiger partial charge in [0.15, 0.2) is 0 Å². The van der Waals surface area contributed by atoms with Gasteiger partial charge in [0, 0.05) is 26.0 Å². The van der Waals surface area contributed by atoms with E-state index in [0.717, 1.165) is 17.7 Å². The van der Waals surface area contributed by atoms with E-state index in [9.17, 15) is 4.79 Å². The number of amides is 1. The van der Waals surface area contributed by atoms with Crippen molar-refractivity contribution in [3.8, 4) is 6.07 Å². The molecule has 102 valence electrons. The van der Waals surface area contributed by atoms with E-state index in [2.05, 4.69) is 11.4 Å². The molecule has 1 aromatic rings. The van der Waals surface area contributed by atoms with E-state index in [0.29, 0.717) is 24.5 Å². The average molecular weight is 278 g/mol. The lowest BCUT2D eigenvalue weighted by atomic mass is 10.2. The minimum atomic E-state index is 0.0507. The minimum absolute atomic E-state index is 0.0507. The molecule has 0 radical (unpaired) electrons. The smallest absolute Gasteiger partial charge is 0.230 e. The maximum atomic E-state index is 11.5. The van der Waals surface area contributed by atoms with Crippen LogP contribution in [0.1, 0.15) is 17.5 Å². The van der Waals surface area contributed by atoms with Crippen LogP contribution in [0.5, 0.6) is 0 Å². The Hall–Kier alpha value is -1.51. The summed E-state index contributed by atoms with van der Waals surface area (Å²) in [6.07, 6.45) is 0.836. The Bertz CT molecular complexity index is 426. The molecule has 0 bridgehead atoms. The number of carbonyl (C=O) groups excluding carboxylic acids is 1. The molecule has 0 spiro atoms. The SMILES string of the molecule is COCCCNC(=O)CSCc1ccc(C#N)cc1. The number of rotatable bonds is 8. The second-order valence-electron chi connectivity index (χ2n) is 4.00. The molecule has 5 heteroatoms. The van der Waals surface area contributed by atoms with Crippen molar-refractivity contribution in [1.29, 1.82) is 5.26 Å². The Kier molecular flexibility index (Phi) is 7.71. The summed E-state index contributed by atoms with van der Waals surface area (Å²) in [5.74, 6) is 1.28. The number of hydrogen-bond donors (Lipinski definition) is 1.